The quantitative estimate of drug-likeness (QED) is 0.757. The van der Waals surface area contributed by atoms with Gasteiger partial charge in [-0.15, -0.1) is 0 Å². The minimum absolute atomic E-state index is 0.00331. The molecule has 0 aliphatic carbocycles. The molecule has 2 atom stereocenters. The number of ether oxygens (including phenoxy) is 1. The molecule has 1 saturated heterocycles. The molecule has 2 unspecified atom stereocenters. The summed E-state index contributed by atoms with van der Waals surface area (Å²) in [4.78, 5) is 0. The fraction of sp³-hybridized carbons (Fsp3) is 1.00. The van der Waals surface area contributed by atoms with Crippen LogP contribution < -0.4 is 5.32 Å². The van der Waals surface area contributed by atoms with E-state index >= 15 is 0 Å². The molecule has 0 aromatic carbocycles. The van der Waals surface area contributed by atoms with Gasteiger partial charge in [0.2, 0.25) is 0 Å². The van der Waals surface area contributed by atoms with Crippen molar-refractivity contribution >= 4 is 0 Å². The summed E-state index contributed by atoms with van der Waals surface area (Å²) in [5.74, 6) is 0.568. The molecule has 1 rings (SSSR count). The molecule has 1 fully saturated rings. The summed E-state index contributed by atoms with van der Waals surface area (Å²) in [5, 5.41) is 12.7. The Morgan fingerprint density at radius 3 is 2.62 bits per heavy atom. The van der Waals surface area contributed by atoms with E-state index in [1.165, 1.54) is 0 Å². The first-order valence-corrected chi connectivity index (χ1v) is 6.45. The highest BCUT2D eigenvalue weighted by Gasteiger charge is 2.30. The van der Waals surface area contributed by atoms with Gasteiger partial charge in [0.15, 0.2) is 0 Å². The Hall–Kier alpha value is -0.120. The van der Waals surface area contributed by atoms with Gasteiger partial charge in [0.1, 0.15) is 0 Å². The molecule has 96 valence electrons. The molecule has 0 bridgehead atoms. The molecule has 0 saturated carbocycles. The van der Waals surface area contributed by atoms with E-state index in [0.29, 0.717) is 18.0 Å². The highest BCUT2D eigenvalue weighted by Crippen LogP contribution is 2.25. The fourth-order valence-corrected chi connectivity index (χ4v) is 2.43. The normalized spacial score (nSPS) is 27.0. The first-order valence-electron chi connectivity index (χ1n) is 6.45. The molecule has 16 heavy (non-hydrogen) atoms. The Morgan fingerprint density at radius 1 is 1.44 bits per heavy atom. The van der Waals surface area contributed by atoms with Crippen LogP contribution in [-0.4, -0.2) is 36.0 Å². The molecular formula is C13H27NO2. The average Bonchev–Trinajstić information content (AvgIpc) is 2.15. The van der Waals surface area contributed by atoms with Gasteiger partial charge in [-0.3, -0.25) is 0 Å². The lowest BCUT2D eigenvalue weighted by Crippen LogP contribution is -2.49. The van der Waals surface area contributed by atoms with Crippen LogP contribution in [0.2, 0.25) is 0 Å². The zero-order valence-corrected chi connectivity index (χ0v) is 11.1. The van der Waals surface area contributed by atoms with Crippen molar-refractivity contribution in [2.24, 2.45) is 5.92 Å². The number of hydrogen-bond donors (Lipinski definition) is 2. The standard InChI is InChI=1S/C13H27NO2/c1-10(2)12(5-7-15)14-11-6-8-16-13(3,4)9-11/h10-12,14-15H,5-9H2,1-4H3. The summed E-state index contributed by atoms with van der Waals surface area (Å²) in [6, 6.07) is 0.951. The van der Waals surface area contributed by atoms with E-state index in [2.05, 4.69) is 33.0 Å². The zero-order valence-electron chi connectivity index (χ0n) is 11.1. The van der Waals surface area contributed by atoms with Gasteiger partial charge < -0.3 is 15.2 Å². The van der Waals surface area contributed by atoms with Crippen LogP contribution in [0.15, 0.2) is 0 Å². The average molecular weight is 229 g/mol. The Morgan fingerprint density at radius 2 is 2.12 bits per heavy atom. The summed E-state index contributed by atoms with van der Waals surface area (Å²) in [6.45, 7) is 9.82. The number of aliphatic hydroxyl groups excluding tert-OH is 1. The molecule has 1 aliphatic heterocycles. The lowest BCUT2D eigenvalue weighted by molar-refractivity contribution is -0.0650. The van der Waals surface area contributed by atoms with Crippen molar-refractivity contribution in [3.05, 3.63) is 0 Å². The van der Waals surface area contributed by atoms with E-state index in [-0.39, 0.29) is 12.2 Å². The van der Waals surface area contributed by atoms with E-state index in [4.69, 9.17) is 9.84 Å². The molecule has 0 aromatic heterocycles. The summed E-state index contributed by atoms with van der Waals surface area (Å²) in [7, 11) is 0. The number of nitrogens with one attached hydrogen (secondary N) is 1. The zero-order chi connectivity index (χ0) is 12.2. The maximum absolute atomic E-state index is 9.05. The predicted molar refractivity (Wildman–Crippen MR) is 66.5 cm³/mol. The third-order valence-electron chi connectivity index (χ3n) is 3.39. The van der Waals surface area contributed by atoms with E-state index in [9.17, 15) is 0 Å². The molecule has 2 N–H and O–H groups in total. The predicted octanol–water partition coefficient (Wildman–Crippen LogP) is 1.94. The lowest BCUT2D eigenvalue weighted by Gasteiger charge is -2.38. The van der Waals surface area contributed by atoms with Crippen molar-refractivity contribution in [2.75, 3.05) is 13.2 Å². The van der Waals surface area contributed by atoms with Gasteiger partial charge in [0, 0.05) is 25.3 Å². The van der Waals surface area contributed by atoms with Crippen LogP contribution in [0, 0.1) is 5.92 Å². The van der Waals surface area contributed by atoms with Crippen LogP contribution in [0.5, 0.6) is 0 Å². The second kappa shape index (κ2) is 5.99. The molecule has 0 radical (unpaired) electrons. The summed E-state index contributed by atoms with van der Waals surface area (Å²) in [5.41, 5.74) is -0.00331. The third kappa shape index (κ3) is 4.40. The maximum atomic E-state index is 9.05. The van der Waals surface area contributed by atoms with Crippen LogP contribution in [0.3, 0.4) is 0 Å². The lowest BCUT2D eigenvalue weighted by atomic mass is 9.91. The van der Waals surface area contributed by atoms with Crippen LogP contribution in [0.4, 0.5) is 0 Å². The number of hydrogen-bond acceptors (Lipinski definition) is 3. The van der Waals surface area contributed by atoms with Gasteiger partial charge in [-0.2, -0.15) is 0 Å². The fourth-order valence-electron chi connectivity index (χ4n) is 2.43. The van der Waals surface area contributed by atoms with Crippen LogP contribution in [0.25, 0.3) is 0 Å². The van der Waals surface area contributed by atoms with Crippen LogP contribution in [-0.2, 0) is 4.74 Å². The molecule has 3 heteroatoms. The first-order chi connectivity index (χ1) is 7.44. The largest absolute Gasteiger partial charge is 0.396 e. The molecule has 1 aliphatic rings. The molecule has 3 nitrogen and oxygen atoms in total. The second-order valence-corrected chi connectivity index (χ2v) is 5.83. The SMILES string of the molecule is CC(C)C(CCO)NC1CCOC(C)(C)C1. The van der Waals surface area contributed by atoms with Crippen molar-refractivity contribution in [1.82, 2.24) is 5.32 Å². The third-order valence-corrected chi connectivity index (χ3v) is 3.39. The minimum Gasteiger partial charge on any atom is -0.396 e. The first kappa shape index (κ1) is 13.9. The molecule has 0 aromatic rings. The second-order valence-electron chi connectivity index (χ2n) is 5.83. The van der Waals surface area contributed by atoms with Gasteiger partial charge in [-0.1, -0.05) is 13.8 Å². The smallest absolute Gasteiger partial charge is 0.0641 e. The highest BCUT2D eigenvalue weighted by molar-refractivity contribution is 4.85. The van der Waals surface area contributed by atoms with E-state index < -0.39 is 0 Å². The molecule has 1 heterocycles. The minimum atomic E-state index is -0.00331. The summed E-state index contributed by atoms with van der Waals surface area (Å²) in [6.07, 6.45) is 2.98. The van der Waals surface area contributed by atoms with Crippen molar-refractivity contribution in [2.45, 2.75) is 64.6 Å². The van der Waals surface area contributed by atoms with Crippen LogP contribution in [0.1, 0.15) is 47.0 Å². The molecular weight excluding hydrogens is 202 g/mol. The maximum Gasteiger partial charge on any atom is 0.0641 e. The Balaban J connectivity index is 2.44. The van der Waals surface area contributed by atoms with Crippen molar-refractivity contribution in [1.29, 1.82) is 0 Å². The Labute approximate surface area is 99.6 Å². The summed E-state index contributed by atoms with van der Waals surface area (Å²) >= 11 is 0. The van der Waals surface area contributed by atoms with Crippen molar-refractivity contribution < 1.29 is 9.84 Å². The van der Waals surface area contributed by atoms with Crippen molar-refractivity contribution in [3.8, 4) is 0 Å². The van der Waals surface area contributed by atoms with Gasteiger partial charge in [-0.25, -0.2) is 0 Å². The van der Waals surface area contributed by atoms with Gasteiger partial charge in [0.25, 0.3) is 0 Å². The van der Waals surface area contributed by atoms with Gasteiger partial charge >= 0.3 is 0 Å². The van der Waals surface area contributed by atoms with Gasteiger partial charge in [0.05, 0.1) is 5.60 Å². The number of rotatable bonds is 5. The number of aliphatic hydroxyl groups is 1. The van der Waals surface area contributed by atoms with Crippen molar-refractivity contribution in [3.63, 3.8) is 0 Å². The summed E-state index contributed by atoms with van der Waals surface area (Å²) < 4.78 is 5.71. The topological polar surface area (TPSA) is 41.5 Å². The van der Waals surface area contributed by atoms with Crippen LogP contribution >= 0.6 is 0 Å². The highest BCUT2D eigenvalue weighted by atomic mass is 16.5. The van der Waals surface area contributed by atoms with E-state index in [0.717, 1.165) is 25.9 Å². The molecule has 0 spiro atoms. The Bertz CT molecular complexity index is 204. The Kier molecular flexibility index (Phi) is 5.22. The van der Waals surface area contributed by atoms with E-state index in [1.54, 1.807) is 0 Å². The molecule has 0 amide bonds. The monoisotopic (exact) mass is 229 g/mol. The van der Waals surface area contributed by atoms with E-state index in [1.807, 2.05) is 0 Å². The van der Waals surface area contributed by atoms with Gasteiger partial charge in [-0.05, 0) is 39.0 Å².